The molecule has 11 heteroatoms. The van der Waals surface area contributed by atoms with Crippen molar-refractivity contribution in [1.29, 1.82) is 0 Å². The summed E-state index contributed by atoms with van der Waals surface area (Å²) in [6.45, 7) is 0. The topological polar surface area (TPSA) is 126 Å². The Morgan fingerprint density at radius 3 is 2.11 bits per heavy atom. The van der Waals surface area contributed by atoms with Gasteiger partial charge in [0.1, 0.15) is 4.90 Å². The van der Waals surface area contributed by atoms with E-state index in [9.17, 15) is 30.4 Å². The van der Waals surface area contributed by atoms with Crippen LogP contribution in [0.4, 0.5) is 18.9 Å². The van der Waals surface area contributed by atoms with Crippen LogP contribution in [0.5, 0.6) is 0 Å². The molecule has 18 heavy (non-hydrogen) atoms. The Kier molecular flexibility index (Phi) is 3.72. The minimum atomic E-state index is -4.99. The molecule has 0 aromatic heterocycles. The van der Waals surface area contributed by atoms with E-state index in [2.05, 4.69) is 0 Å². The first-order valence-electron chi connectivity index (χ1n) is 4.07. The smallest absolute Gasteiger partial charge is 0.417 e. The second-order valence-electron chi connectivity index (χ2n) is 3.16. The first-order valence-corrected chi connectivity index (χ1v) is 6.69. The monoisotopic (exact) mass is 303 g/mol. The van der Waals surface area contributed by atoms with Crippen LogP contribution in [0, 0.1) is 0 Å². The summed E-state index contributed by atoms with van der Waals surface area (Å²) in [6, 6.07) is 0.488. The average molecular weight is 303 g/mol. The van der Waals surface area contributed by atoms with Gasteiger partial charge in [0.25, 0.3) is 0 Å². The second kappa shape index (κ2) is 4.50. The molecule has 6 nitrogen and oxygen atoms in total. The normalized spacial score (nSPS) is 14.5. The molecule has 1 aromatic carbocycles. The molecule has 0 radical (unpaired) electrons. The lowest BCUT2D eigenvalue weighted by Gasteiger charge is -2.17. The van der Waals surface area contributed by atoms with E-state index in [4.69, 9.17) is 10.9 Å². The third-order valence-corrected chi connectivity index (χ3v) is 3.57. The molecule has 0 heterocycles. The number of nitrogen functional groups attached to an aromatic ring is 1. The Balaban J connectivity index is 3.71. The van der Waals surface area contributed by atoms with Crippen molar-refractivity contribution in [2.45, 2.75) is 16.0 Å². The number of rotatable bonds is 2. The molecule has 1 rings (SSSR count). The number of halogens is 3. The summed E-state index contributed by atoms with van der Waals surface area (Å²) in [4.78, 5) is -2.12. The van der Waals surface area contributed by atoms with Crippen molar-refractivity contribution < 1.29 is 30.4 Å². The van der Waals surface area contributed by atoms with Crippen LogP contribution >= 0.6 is 0 Å². The number of sulfonamides is 1. The number of benzene rings is 1. The number of hydrogen-bond acceptors (Lipinski definition) is 5. The zero-order valence-corrected chi connectivity index (χ0v) is 10.0. The van der Waals surface area contributed by atoms with Gasteiger partial charge in [0.05, 0.1) is 11.3 Å². The fourth-order valence-corrected chi connectivity index (χ4v) is 2.50. The molecule has 1 unspecified atom stereocenters. The van der Waals surface area contributed by atoms with Crippen molar-refractivity contribution in [3.05, 3.63) is 17.7 Å². The zero-order valence-electron chi connectivity index (χ0n) is 8.39. The largest absolute Gasteiger partial charge is 0.768 e. The summed E-state index contributed by atoms with van der Waals surface area (Å²) in [5, 5.41) is 4.70. The maximum absolute atomic E-state index is 12.5. The van der Waals surface area contributed by atoms with Crippen LogP contribution in [0.25, 0.3) is 0 Å². The van der Waals surface area contributed by atoms with Gasteiger partial charge >= 0.3 is 6.18 Å². The Hall–Kier alpha value is -1.17. The lowest BCUT2D eigenvalue weighted by molar-refractivity contribution is -0.139. The highest BCUT2D eigenvalue weighted by Gasteiger charge is 2.35. The van der Waals surface area contributed by atoms with E-state index in [1.165, 1.54) is 0 Å². The molecule has 0 aliphatic rings. The molecule has 0 aliphatic carbocycles. The number of hydrogen-bond donors (Lipinski definition) is 2. The molecule has 0 saturated carbocycles. The Bertz CT molecular complexity index is 612. The SMILES string of the molecule is Nc1cc(C(F)(F)F)c(S(=O)[O-])cc1S(N)(=O)=O. The highest BCUT2D eigenvalue weighted by atomic mass is 32.2. The van der Waals surface area contributed by atoms with Crippen molar-refractivity contribution >= 4 is 26.8 Å². The van der Waals surface area contributed by atoms with Crippen LogP contribution in [-0.4, -0.2) is 17.2 Å². The third kappa shape index (κ3) is 2.98. The molecule has 0 fully saturated rings. The van der Waals surface area contributed by atoms with Crippen molar-refractivity contribution in [2.24, 2.45) is 5.14 Å². The highest BCUT2D eigenvalue weighted by Crippen LogP contribution is 2.36. The van der Waals surface area contributed by atoms with Gasteiger partial charge in [-0.3, -0.25) is 4.21 Å². The van der Waals surface area contributed by atoms with Gasteiger partial charge in [0.2, 0.25) is 10.0 Å². The summed E-state index contributed by atoms with van der Waals surface area (Å²) in [5.74, 6) is 0. The van der Waals surface area contributed by atoms with E-state index in [0.29, 0.717) is 0 Å². The molecule has 1 atom stereocenters. The molecule has 102 valence electrons. The second-order valence-corrected chi connectivity index (χ2v) is 5.60. The van der Waals surface area contributed by atoms with E-state index in [-0.39, 0.29) is 12.1 Å². The molecule has 1 aromatic rings. The van der Waals surface area contributed by atoms with Gasteiger partial charge in [0, 0.05) is 4.90 Å². The Morgan fingerprint density at radius 1 is 1.28 bits per heavy atom. The Labute approximate surface area is 102 Å². The number of primary sulfonamides is 1. The van der Waals surface area contributed by atoms with E-state index in [1.54, 1.807) is 0 Å². The fraction of sp³-hybridized carbons (Fsp3) is 0.143. The van der Waals surface area contributed by atoms with Crippen molar-refractivity contribution in [3.8, 4) is 0 Å². The average Bonchev–Trinajstić information content (AvgIpc) is 2.13. The summed E-state index contributed by atoms with van der Waals surface area (Å²) in [5.41, 5.74) is 2.78. The highest BCUT2D eigenvalue weighted by molar-refractivity contribution is 7.89. The summed E-state index contributed by atoms with van der Waals surface area (Å²) < 4.78 is 80.9. The van der Waals surface area contributed by atoms with E-state index in [0.717, 1.165) is 0 Å². The first kappa shape index (κ1) is 14.9. The molecule has 0 aliphatic heterocycles. The van der Waals surface area contributed by atoms with Crippen LogP contribution < -0.4 is 10.9 Å². The van der Waals surface area contributed by atoms with Crippen LogP contribution in [0.15, 0.2) is 21.9 Å². The standard InChI is InChI=1S/C7H7F3N2O4S2/c8-7(9,10)3-1-4(11)6(18(12,15)16)2-5(3)17(13)14/h1-2H,11H2,(H,13,14)(H2,12,15,16)/p-1. The van der Waals surface area contributed by atoms with E-state index < -0.39 is 48.3 Å². The van der Waals surface area contributed by atoms with E-state index >= 15 is 0 Å². The lowest BCUT2D eigenvalue weighted by Crippen LogP contribution is -2.18. The third-order valence-electron chi connectivity index (χ3n) is 1.90. The first-order chi connectivity index (χ1) is 7.94. The lowest BCUT2D eigenvalue weighted by atomic mass is 10.2. The molecule has 0 amide bonds. The molecule has 0 spiro atoms. The van der Waals surface area contributed by atoms with Crippen LogP contribution in [0.2, 0.25) is 0 Å². The quantitative estimate of drug-likeness (QED) is 0.595. The van der Waals surface area contributed by atoms with Gasteiger partial charge in [-0.05, 0) is 23.2 Å². The molecule has 4 N–H and O–H groups in total. The Morgan fingerprint density at radius 2 is 1.78 bits per heavy atom. The number of nitrogens with two attached hydrogens (primary N) is 2. The maximum Gasteiger partial charge on any atom is 0.417 e. The van der Waals surface area contributed by atoms with Crippen molar-refractivity contribution in [3.63, 3.8) is 0 Å². The minimum Gasteiger partial charge on any atom is -0.768 e. The fourth-order valence-electron chi connectivity index (χ4n) is 1.18. The number of alkyl halides is 3. The molecule has 0 bridgehead atoms. The van der Waals surface area contributed by atoms with Gasteiger partial charge in [-0.2, -0.15) is 13.2 Å². The maximum atomic E-state index is 12.5. The van der Waals surface area contributed by atoms with Crippen molar-refractivity contribution in [2.75, 3.05) is 5.73 Å². The zero-order chi connectivity index (χ0) is 14.3. The molecular formula is C7H6F3N2O4S2-. The van der Waals surface area contributed by atoms with E-state index in [1.807, 2.05) is 0 Å². The van der Waals surface area contributed by atoms with Crippen molar-refractivity contribution in [1.82, 2.24) is 0 Å². The van der Waals surface area contributed by atoms with Gasteiger partial charge in [-0.15, -0.1) is 0 Å². The van der Waals surface area contributed by atoms with Crippen LogP contribution in [0.1, 0.15) is 5.56 Å². The van der Waals surface area contributed by atoms with Crippen LogP contribution in [0.3, 0.4) is 0 Å². The predicted molar refractivity (Wildman–Crippen MR) is 54.4 cm³/mol. The van der Waals surface area contributed by atoms with Gasteiger partial charge in [-0.25, -0.2) is 13.6 Å². The molecular weight excluding hydrogens is 297 g/mol. The predicted octanol–water partition coefficient (Wildman–Crippen LogP) is 0.173. The summed E-state index contributed by atoms with van der Waals surface area (Å²) in [7, 11) is -4.42. The molecule has 0 saturated heterocycles. The minimum absolute atomic E-state index is 0.213. The van der Waals surface area contributed by atoms with Gasteiger partial charge < -0.3 is 10.3 Å². The van der Waals surface area contributed by atoms with Crippen LogP contribution in [-0.2, 0) is 27.3 Å². The van der Waals surface area contributed by atoms with Gasteiger partial charge in [0.15, 0.2) is 0 Å². The summed E-state index contributed by atoms with van der Waals surface area (Å²) in [6.07, 6.45) is -4.99. The summed E-state index contributed by atoms with van der Waals surface area (Å²) >= 11 is -3.29. The number of anilines is 1. The van der Waals surface area contributed by atoms with Gasteiger partial charge in [-0.1, -0.05) is 0 Å².